The molecule has 0 bridgehead atoms. The summed E-state index contributed by atoms with van der Waals surface area (Å²) in [6.45, 7) is 7.41. The lowest BCUT2D eigenvalue weighted by Gasteiger charge is -2.39. The van der Waals surface area contributed by atoms with Gasteiger partial charge in [0, 0.05) is 49.7 Å². The maximum Gasteiger partial charge on any atom is 0.229 e. The van der Waals surface area contributed by atoms with E-state index in [2.05, 4.69) is 22.0 Å². The Hall–Kier alpha value is -1.35. The van der Waals surface area contributed by atoms with Crippen molar-refractivity contribution in [1.29, 1.82) is 0 Å². The minimum Gasteiger partial charge on any atom is -0.385 e. The average molecular weight is 407 g/mol. The average Bonchev–Trinajstić information content (AvgIpc) is 3.39. The summed E-state index contributed by atoms with van der Waals surface area (Å²) in [4.78, 5) is 13.1. The summed E-state index contributed by atoms with van der Waals surface area (Å²) in [5, 5.41) is 4.45. The second-order valence-electron chi connectivity index (χ2n) is 8.00. The van der Waals surface area contributed by atoms with Gasteiger partial charge in [-0.25, -0.2) is 4.98 Å². The highest BCUT2D eigenvalue weighted by Gasteiger charge is 2.40. The van der Waals surface area contributed by atoms with Crippen molar-refractivity contribution in [3.05, 3.63) is 27.8 Å². The lowest BCUT2D eigenvalue weighted by atomic mass is 9.75. The Morgan fingerprint density at radius 1 is 1.29 bits per heavy atom. The summed E-state index contributed by atoms with van der Waals surface area (Å²) < 4.78 is 16.6. The molecular formula is C20H30N4O3S. The van der Waals surface area contributed by atoms with Gasteiger partial charge in [-0.05, 0) is 52.1 Å². The Bertz CT molecular complexity index is 748. The van der Waals surface area contributed by atoms with Gasteiger partial charge in [-0.1, -0.05) is 5.16 Å². The molecule has 2 aromatic rings. The SMILES string of the molecule is COCCC1(c2noc(C3CCOCC3)n2)CCN(Cc2scnc2C)CC1. The number of hydrogen-bond donors (Lipinski definition) is 0. The van der Waals surface area contributed by atoms with Gasteiger partial charge in [-0.2, -0.15) is 4.98 Å². The lowest BCUT2D eigenvalue weighted by Crippen LogP contribution is -2.43. The second-order valence-corrected chi connectivity index (χ2v) is 8.94. The molecule has 28 heavy (non-hydrogen) atoms. The highest BCUT2D eigenvalue weighted by Crippen LogP contribution is 2.39. The minimum atomic E-state index is -0.0534. The number of aromatic nitrogens is 3. The number of methoxy groups -OCH3 is 1. The predicted octanol–water partition coefficient (Wildman–Crippen LogP) is 3.30. The molecule has 2 aromatic heterocycles. The number of rotatable bonds is 7. The molecule has 0 unspecified atom stereocenters. The van der Waals surface area contributed by atoms with Crippen LogP contribution in [0.4, 0.5) is 0 Å². The fourth-order valence-electron chi connectivity index (χ4n) is 4.26. The maximum absolute atomic E-state index is 5.71. The first-order chi connectivity index (χ1) is 13.7. The van der Waals surface area contributed by atoms with Crippen molar-refractivity contribution in [2.45, 2.75) is 56.9 Å². The Morgan fingerprint density at radius 2 is 2.07 bits per heavy atom. The summed E-state index contributed by atoms with van der Waals surface area (Å²) in [6.07, 6.45) is 4.93. The Kier molecular flexibility index (Phi) is 6.40. The van der Waals surface area contributed by atoms with Crippen LogP contribution in [-0.2, 0) is 21.4 Å². The Balaban J connectivity index is 1.45. The highest BCUT2D eigenvalue weighted by molar-refractivity contribution is 7.09. The van der Waals surface area contributed by atoms with Gasteiger partial charge in [0.1, 0.15) is 0 Å². The van der Waals surface area contributed by atoms with Gasteiger partial charge < -0.3 is 14.0 Å². The van der Waals surface area contributed by atoms with E-state index in [0.717, 1.165) is 89.0 Å². The van der Waals surface area contributed by atoms with Crippen molar-refractivity contribution in [3.8, 4) is 0 Å². The van der Waals surface area contributed by atoms with E-state index in [4.69, 9.17) is 19.0 Å². The smallest absolute Gasteiger partial charge is 0.229 e. The van der Waals surface area contributed by atoms with Gasteiger partial charge in [0.05, 0.1) is 11.2 Å². The summed E-state index contributed by atoms with van der Waals surface area (Å²) in [5.74, 6) is 2.00. The fourth-order valence-corrected chi connectivity index (χ4v) is 5.08. The van der Waals surface area contributed by atoms with E-state index in [0.29, 0.717) is 5.92 Å². The minimum absolute atomic E-state index is 0.0534. The molecule has 0 spiro atoms. The van der Waals surface area contributed by atoms with Crippen LogP contribution in [0.1, 0.15) is 60.3 Å². The zero-order chi connectivity index (χ0) is 19.4. The number of hydrogen-bond acceptors (Lipinski definition) is 8. The molecule has 0 N–H and O–H groups in total. The molecule has 2 fully saturated rings. The molecule has 0 amide bonds. The number of likely N-dealkylation sites (tertiary alicyclic amines) is 1. The van der Waals surface area contributed by atoms with Gasteiger partial charge in [-0.3, -0.25) is 4.90 Å². The van der Waals surface area contributed by atoms with Crippen LogP contribution in [0.25, 0.3) is 0 Å². The van der Waals surface area contributed by atoms with Crippen LogP contribution in [0, 0.1) is 6.92 Å². The summed E-state index contributed by atoms with van der Waals surface area (Å²) in [7, 11) is 1.76. The normalized spacial score (nSPS) is 21.2. The molecule has 7 nitrogen and oxygen atoms in total. The summed E-state index contributed by atoms with van der Waals surface area (Å²) in [5.41, 5.74) is 3.04. The summed E-state index contributed by atoms with van der Waals surface area (Å²) >= 11 is 1.75. The van der Waals surface area contributed by atoms with E-state index in [1.807, 2.05) is 5.51 Å². The lowest BCUT2D eigenvalue weighted by molar-refractivity contribution is 0.0778. The van der Waals surface area contributed by atoms with E-state index >= 15 is 0 Å². The first kappa shape index (κ1) is 19.9. The predicted molar refractivity (Wildman–Crippen MR) is 107 cm³/mol. The number of nitrogens with zero attached hydrogens (tertiary/aromatic N) is 4. The van der Waals surface area contributed by atoms with E-state index in [1.54, 1.807) is 18.4 Å². The van der Waals surface area contributed by atoms with Crippen molar-refractivity contribution >= 4 is 11.3 Å². The molecule has 154 valence electrons. The molecule has 2 aliphatic rings. The third kappa shape index (κ3) is 4.30. The number of piperidine rings is 1. The molecule has 0 aromatic carbocycles. The largest absolute Gasteiger partial charge is 0.385 e. The third-order valence-electron chi connectivity index (χ3n) is 6.30. The van der Waals surface area contributed by atoms with Crippen LogP contribution in [0.5, 0.6) is 0 Å². The molecule has 4 heterocycles. The van der Waals surface area contributed by atoms with Gasteiger partial charge in [0.2, 0.25) is 5.89 Å². The van der Waals surface area contributed by atoms with Crippen molar-refractivity contribution in [1.82, 2.24) is 20.0 Å². The fraction of sp³-hybridized carbons (Fsp3) is 0.750. The Morgan fingerprint density at radius 3 is 2.75 bits per heavy atom. The van der Waals surface area contributed by atoms with Crippen molar-refractivity contribution in [2.75, 3.05) is 40.0 Å². The van der Waals surface area contributed by atoms with Crippen molar-refractivity contribution in [2.24, 2.45) is 0 Å². The van der Waals surface area contributed by atoms with E-state index < -0.39 is 0 Å². The molecule has 4 rings (SSSR count). The zero-order valence-electron chi connectivity index (χ0n) is 16.9. The van der Waals surface area contributed by atoms with Gasteiger partial charge in [0.15, 0.2) is 5.82 Å². The van der Waals surface area contributed by atoms with Crippen LogP contribution in [0.2, 0.25) is 0 Å². The van der Waals surface area contributed by atoms with E-state index in [1.165, 1.54) is 4.88 Å². The molecule has 2 aliphatic heterocycles. The van der Waals surface area contributed by atoms with Crippen LogP contribution < -0.4 is 0 Å². The number of ether oxygens (including phenoxy) is 2. The molecular weight excluding hydrogens is 376 g/mol. The van der Waals surface area contributed by atoms with Crippen LogP contribution in [0.3, 0.4) is 0 Å². The monoisotopic (exact) mass is 406 g/mol. The van der Waals surface area contributed by atoms with Gasteiger partial charge >= 0.3 is 0 Å². The quantitative estimate of drug-likeness (QED) is 0.698. The third-order valence-corrected chi connectivity index (χ3v) is 7.22. The Labute approximate surface area is 170 Å². The molecule has 0 saturated carbocycles. The van der Waals surface area contributed by atoms with Crippen LogP contribution in [-0.4, -0.2) is 60.0 Å². The van der Waals surface area contributed by atoms with Gasteiger partial charge in [-0.15, -0.1) is 11.3 Å². The van der Waals surface area contributed by atoms with Crippen molar-refractivity contribution < 1.29 is 14.0 Å². The zero-order valence-corrected chi connectivity index (χ0v) is 17.7. The van der Waals surface area contributed by atoms with Crippen LogP contribution in [0.15, 0.2) is 10.0 Å². The van der Waals surface area contributed by atoms with Crippen LogP contribution >= 0.6 is 11.3 Å². The van der Waals surface area contributed by atoms with Crippen molar-refractivity contribution in [3.63, 3.8) is 0 Å². The molecule has 0 radical (unpaired) electrons. The van der Waals surface area contributed by atoms with Gasteiger partial charge in [0.25, 0.3) is 0 Å². The first-order valence-electron chi connectivity index (χ1n) is 10.2. The highest BCUT2D eigenvalue weighted by atomic mass is 32.1. The first-order valence-corrected chi connectivity index (χ1v) is 11.1. The topological polar surface area (TPSA) is 73.5 Å². The summed E-state index contributed by atoms with van der Waals surface area (Å²) in [6, 6.07) is 0. The standard InChI is InChI=1S/C20H30N4O3S/c1-15-17(28-14-21-15)13-24-8-5-20(6-9-24,7-12-25-2)19-22-18(27-23-19)16-3-10-26-11-4-16/h14,16H,3-13H2,1-2H3. The maximum atomic E-state index is 5.71. The second kappa shape index (κ2) is 8.98. The molecule has 0 aliphatic carbocycles. The van der Waals surface area contributed by atoms with E-state index in [9.17, 15) is 0 Å². The van der Waals surface area contributed by atoms with E-state index in [-0.39, 0.29) is 5.41 Å². The number of thiazole rings is 1. The number of aryl methyl sites for hydroxylation is 1. The molecule has 2 saturated heterocycles. The molecule has 0 atom stereocenters. The molecule has 8 heteroatoms.